The first kappa shape index (κ1) is 15.7. The molecule has 3 N–H and O–H groups in total. The molecule has 2 rings (SSSR count). The predicted octanol–water partition coefficient (Wildman–Crippen LogP) is 0.615. The molecule has 1 aliphatic rings. The van der Waals surface area contributed by atoms with Gasteiger partial charge in [-0.05, 0) is 31.0 Å². The lowest BCUT2D eigenvalue weighted by atomic mass is 10.1. The number of likely N-dealkylation sites (tertiary alicyclic amines) is 1. The molecule has 0 saturated carbocycles. The molecule has 8 heteroatoms. The Labute approximate surface area is 123 Å². The molecule has 0 aromatic heterocycles. The molecule has 1 amide bonds. The number of piperidine rings is 1. The van der Waals surface area contributed by atoms with Gasteiger partial charge in [-0.1, -0.05) is 0 Å². The zero-order valence-electron chi connectivity index (χ0n) is 11.9. The Morgan fingerprint density at radius 1 is 1.43 bits per heavy atom. The third-order valence-corrected chi connectivity index (χ3v) is 5.19. The summed E-state index contributed by atoms with van der Waals surface area (Å²) >= 11 is 0. The van der Waals surface area contributed by atoms with E-state index < -0.39 is 15.8 Å². The number of sulfonamides is 1. The zero-order valence-corrected chi connectivity index (χ0v) is 12.7. The molecule has 0 bridgehead atoms. The number of aryl methyl sites for hydroxylation is 1. The fourth-order valence-corrected chi connectivity index (χ4v) is 3.87. The van der Waals surface area contributed by atoms with Gasteiger partial charge in [0.2, 0.25) is 15.9 Å². The number of hydrogen-bond donors (Lipinski definition) is 2. The average Bonchev–Trinajstić information content (AvgIpc) is 2.37. The second-order valence-corrected chi connectivity index (χ2v) is 6.95. The molecule has 1 saturated heterocycles. The number of halogens is 1. The van der Waals surface area contributed by atoms with Crippen LogP contribution in [0.2, 0.25) is 0 Å². The number of amides is 1. The summed E-state index contributed by atoms with van der Waals surface area (Å²) in [5.41, 5.74) is 5.51. The maximum Gasteiger partial charge on any atom is 0.241 e. The fourth-order valence-electron chi connectivity index (χ4n) is 2.35. The Kier molecular flexibility index (Phi) is 4.20. The van der Waals surface area contributed by atoms with Crippen molar-refractivity contribution >= 4 is 21.6 Å². The van der Waals surface area contributed by atoms with Crippen LogP contribution in [0.4, 0.5) is 10.1 Å². The molecule has 1 aromatic carbocycles. The van der Waals surface area contributed by atoms with E-state index >= 15 is 0 Å². The van der Waals surface area contributed by atoms with Gasteiger partial charge in [0, 0.05) is 26.1 Å². The Balaban J connectivity index is 2.23. The first-order chi connectivity index (χ1) is 9.70. The van der Waals surface area contributed by atoms with Crippen molar-refractivity contribution < 1.29 is 17.6 Å². The number of carbonyl (C=O) groups is 1. The van der Waals surface area contributed by atoms with Gasteiger partial charge in [0.15, 0.2) is 0 Å². The minimum Gasteiger partial charge on any atom is -0.396 e. The number of rotatable bonds is 3. The van der Waals surface area contributed by atoms with Crippen LogP contribution in [0, 0.1) is 12.7 Å². The highest BCUT2D eigenvalue weighted by Gasteiger charge is 2.28. The monoisotopic (exact) mass is 315 g/mol. The average molecular weight is 315 g/mol. The minimum atomic E-state index is -3.81. The van der Waals surface area contributed by atoms with E-state index in [0.717, 1.165) is 12.1 Å². The molecule has 21 heavy (non-hydrogen) atoms. The molecule has 1 aromatic rings. The summed E-state index contributed by atoms with van der Waals surface area (Å²) in [5, 5.41) is 0. The number of nitrogens with zero attached hydrogens (tertiary/aromatic N) is 1. The summed E-state index contributed by atoms with van der Waals surface area (Å²) in [4.78, 5) is 12.8. The van der Waals surface area contributed by atoms with Crippen molar-refractivity contribution in [3.05, 3.63) is 23.5 Å². The summed E-state index contributed by atoms with van der Waals surface area (Å²) in [6.45, 7) is 1.82. The Hall–Kier alpha value is -1.67. The molecule has 6 nitrogen and oxygen atoms in total. The van der Waals surface area contributed by atoms with Gasteiger partial charge in [0.05, 0.1) is 10.6 Å². The van der Waals surface area contributed by atoms with E-state index in [-0.39, 0.29) is 28.1 Å². The highest BCUT2D eigenvalue weighted by Crippen LogP contribution is 2.22. The highest BCUT2D eigenvalue weighted by molar-refractivity contribution is 7.89. The summed E-state index contributed by atoms with van der Waals surface area (Å²) in [6.07, 6.45) is 0.742. The minimum absolute atomic E-state index is 0.00680. The topological polar surface area (TPSA) is 92.5 Å². The number of carbonyl (C=O) groups excluding carboxylic acids is 1. The Bertz CT molecular complexity index is 675. The van der Waals surface area contributed by atoms with Crippen LogP contribution in [0.15, 0.2) is 17.0 Å². The molecule has 1 unspecified atom stereocenters. The van der Waals surface area contributed by atoms with Crippen LogP contribution in [-0.2, 0) is 14.8 Å². The highest BCUT2D eigenvalue weighted by atomic mass is 32.2. The SMILES string of the molecule is Cc1cc(F)c(N)cc1S(=O)(=O)NC1CCC(=O)N(C)C1. The number of hydrogen-bond acceptors (Lipinski definition) is 4. The number of likely N-dealkylation sites (N-methyl/N-ethyl adjacent to an activating group) is 1. The molecule has 0 spiro atoms. The van der Waals surface area contributed by atoms with Gasteiger partial charge in [0.25, 0.3) is 0 Å². The lowest BCUT2D eigenvalue weighted by Gasteiger charge is -2.30. The van der Waals surface area contributed by atoms with E-state index in [9.17, 15) is 17.6 Å². The van der Waals surface area contributed by atoms with Gasteiger partial charge in [0.1, 0.15) is 5.82 Å². The number of nitrogens with one attached hydrogen (secondary N) is 1. The molecule has 1 heterocycles. The number of nitrogens with two attached hydrogens (primary N) is 1. The van der Waals surface area contributed by atoms with Crippen molar-refractivity contribution in [2.24, 2.45) is 0 Å². The van der Waals surface area contributed by atoms with Gasteiger partial charge in [-0.25, -0.2) is 17.5 Å². The van der Waals surface area contributed by atoms with Crippen LogP contribution in [0.1, 0.15) is 18.4 Å². The van der Waals surface area contributed by atoms with E-state index in [1.165, 1.54) is 11.8 Å². The van der Waals surface area contributed by atoms with Crippen molar-refractivity contribution in [1.29, 1.82) is 0 Å². The number of anilines is 1. The smallest absolute Gasteiger partial charge is 0.241 e. The molecular weight excluding hydrogens is 297 g/mol. The molecule has 0 radical (unpaired) electrons. The van der Waals surface area contributed by atoms with Crippen LogP contribution in [0.5, 0.6) is 0 Å². The van der Waals surface area contributed by atoms with E-state index in [4.69, 9.17) is 5.73 Å². The fraction of sp³-hybridized carbons (Fsp3) is 0.462. The first-order valence-electron chi connectivity index (χ1n) is 6.52. The molecule has 1 atom stereocenters. The summed E-state index contributed by atoms with van der Waals surface area (Å²) < 4.78 is 40.6. The van der Waals surface area contributed by atoms with Crippen molar-refractivity contribution in [2.75, 3.05) is 19.3 Å². The van der Waals surface area contributed by atoms with E-state index in [1.54, 1.807) is 7.05 Å². The summed E-state index contributed by atoms with van der Waals surface area (Å²) in [7, 11) is -2.18. The molecular formula is C13H18FN3O3S. The maximum atomic E-state index is 13.3. The first-order valence-corrected chi connectivity index (χ1v) is 8.01. The standard InChI is InChI=1S/C13H18FN3O3S/c1-8-5-10(14)11(15)6-12(8)21(19,20)16-9-3-4-13(18)17(2)7-9/h5-6,9,16H,3-4,7,15H2,1-2H3. The van der Waals surface area contributed by atoms with Crippen LogP contribution in [0.3, 0.4) is 0 Å². The van der Waals surface area contributed by atoms with Crippen molar-refractivity contribution in [1.82, 2.24) is 9.62 Å². The Morgan fingerprint density at radius 2 is 2.10 bits per heavy atom. The van der Waals surface area contributed by atoms with Crippen LogP contribution in [0.25, 0.3) is 0 Å². The molecule has 0 aliphatic carbocycles. The van der Waals surface area contributed by atoms with Crippen molar-refractivity contribution in [3.63, 3.8) is 0 Å². The van der Waals surface area contributed by atoms with Gasteiger partial charge in [-0.3, -0.25) is 4.79 Å². The molecule has 1 fully saturated rings. The van der Waals surface area contributed by atoms with Crippen molar-refractivity contribution in [2.45, 2.75) is 30.7 Å². The lowest BCUT2D eigenvalue weighted by Crippen LogP contribution is -2.48. The van der Waals surface area contributed by atoms with Crippen LogP contribution < -0.4 is 10.5 Å². The maximum absolute atomic E-state index is 13.3. The van der Waals surface area contributed by atoms with E-state index in [1.807, 2.05) is 0 Å². The van der Waals surface area contributed by atoms with E-state index in [0.29, 0.717) is 19.4 Å². The summed E-state index contributed by atoms with van der Waals surface area (Å²) in [6, 6.07) is 1.86. The van der Waals surface area contributed by atoms with Crippen LogP contribution in [-0.4, -0.2) is 38.9 Å². The van der Waals surface area contributed by atoms with Gasteiger partial charge >= 0.3 is 0 Å². The predicted molar refractivity (Wildman–Crippen MR) is 76.5 cm³/mol. The second-order valence-electron chi connectivity index (χ2n) is 5.27. The van der Waals surface area contributed by atoms with Gasteiger partial charge < -0.3 is 10.6 Å². The number of benzene rings is 1. The van der Waals surface area contributed by atoms with Crippen LogP contribution >= 0.6 is 0 Å². The normalized spacial score (nSPS) is 19.9. The summed E-state index contributed by atoms with van der Waals surface area (Å²) in [5.74, 6) is -0.651. The largest absolute Gasteiger partial charge is 0.396 e. The van der Waals surface area contributed by atoms with E-state index in [2.05, 4.69) is 4.72 Å². The molecule has 116 valence electrons. The van der Waals surface area contributed by atoms with Gasteiger partial charge in [-0.2, -0.15) is 0 Å². The third kappa shape index (κ3) is 3.33. The molecule has 1 aliphatic heterocycles. The Morgan fingerprint density at radius 3 is 2.71 bits per heavy atom. The third-order valence-electron chi connectivity index (χ3n) is 3.53. The lowest BCUT2D eigenvalue weighted by molar-refractivity contribution is -0.132. The van der Waals surface area contributed by atoms with Gasteiger partial charge in [-0.15, -0.1) is 0 Å². The zero-order chi connectivity index (χ0) is 15.8. The quantitative estimate of drug-likeness (QED) is 0.800. The van der Waals surface area contributed by atoms with Crippen molar-refractivity contribution in [3.8, 4) is 0 Å². The second kappa shape index (κ2) is 5.61. The number of nitrogen functional groups attached to an aromatic ring is 1.